The molecule has 0 aliphatic carbocycles. The fourth-order valence-corrected chi connectivity index (χ4v) is 5.94. The van der Waals surface area contributed by atoms with Crippen LogP contribution in [0.1, 0.15) is 0 Å². The maximum Gasteiger partial charge on any atom is 0.150 e. The van der Waals surface area contributed by atoms with Gasteiger partial charge in [-0.15, -0.1) is 34.0 Å². The van der Waals surface area contributed by atoms with Gasteiger partial charge in [-0.1, -0.05) is 18.2 Å². The van der Waals surface area contributed by atoms with E-state index < -0.39 is 0 Å². The van der Waals surface area contributed by atoms with Gasteiger partial charge in [-0.2, -0.15) is 0 Å². The number of thiophene rings is 3. The SMILES string of the molecule is Cn1c(-c2ccc(-c3ccc(-c4cccs4)s3)s2)nc2ccccc21. The molecule has 5 rings (SSSR count). The van der Waals surface area contributed by atoms with Crippen LogP contribution in [0.25, 0.3) is 41.2 Å². The number of fused-ring (bicyclic) bond motifs is 1. The van der Waals surface area contributed by atoms with Crippen LogP contribution in [0.2, 0.25) is 0 Å². The highest BCUT2D eigenvalue weighted by molar-refractivity contribution is 7.27. The molecule has 25 heavy (non-hydrogen) atoms. The highest BCUT2D eigenvalue weighted by Gasteiger charge is 2.13. The van der Waals surface area contributed by atoms with Crippen molar-refractivity contribution in [1.82, 2.24) is 9.55 Å². The number of imidazole rings is 1. The number of aryl methyl sites for hydroxylation is 1. The lowest BCUT2D eigenvalue weighted by atomic mass is 10.3. The predicted molar refractivity (Wildman–Crippen MR) is 111 cm³/mol. The standard InChI is InChI=1S/C20H14N2S3/c1-22-14-6-3-2-5-13(14)21-20(22)19-11-10-18(25-19)17-9-8-16(24-17)15-7-4-12-23-15/h2-12H,1H3. The van der Waals surface area contributed by atoms with Crippen LogP contribution >= 0.6 is 34.0 Å². The largest absolute Gasteiger partial charge is 0.326 e. The number of aromatic nitrogens is 2. The fourth-order valence-electron chi connectivity index (χ4n) is 2.98. The Morgan fingerprint density at radius 3 is 2.12 bits per heavy atom. The monoisotopic (exact) mass is 378 g/mol. The van der Waals surface area contributed by atoms with Gasteiger partial charge in [-0.05, 0) is 47.8 Å². The Hall–Kier alpha value is -2.21. The van der Waals surface area contributed by atoms with Gasteiger partial charge in [0.05, 0.1) is 15.9 Å². The molecule has 4 aromatic heterocycles. The van der Waals surface area contributed by atoms with Crippen molar-refractivity contribution in [3.05, 3.63) is 66.0 Å². The van der Waals surface area contributed by atoms with Gasteiger partial charge >= 0.3 is 0 Å². The van der Waals surface area contributed by atoms with Gasteiger partial charge in [-0.25, -0.2) is 4.98 Å². The zero-order valence-electron chi connectivity index (χ0n) is 13.5. The molecule has 0 aliphatic heterocycles. The molecule has 0 unspecified atom stereocenters. The fraction of sp³-hybridized carbons (Fsp3) is 0.0500. The molecule has 0 saturated carbocycles. The molecule has 5 heteroatoms. The summed E-state index contributed by atoms with van der Waals surface area (Å²) in [5.41, 5.74) is 2.22. The molecule has 0 bridgehead atoms. The molecule has 0 N–H and O–H groups in total. The molecule has 0 aliphatic rings. The smallest absolute Gasteiger partial charge is 0.150 e. The average molecular weight is 379 g/mol. The van der Waals surface area contributed by atoms with E-state index in [0.29, 0.717) is 0 Å². The summed E-state index contributed by atoms with van der Waals surface area (Å²) < 4.78 is 2.18. The molecule has 4 heterocycles. The second-order valence-electron chi connectivity index (χ2n) is 5.79. The first kappa shape index (κ1) is 15.1. The molecule has 0 spiro atoms. The van der Waals surface area contributed by atoms with E-state index in [9.17, 15) is 0 Å². The number of para-hydroxylation sites is 2. The lowest BCUT2D eigenvalue weighted by Crippen LogP contribution is -1.89. The molecule has 0 fully saturated rings. The minimum Gasteiger partial charge on any atom is -0.326 e. The lowest BCUT2D eigenvalue weighted by molar-refractivity contribution is 0.963. The van der Waals surface area contributed by atoms with Crippen LogP contribution in [-0.2, 0) is 7.05 Å². The van der Waals surface area contributed by atoms with Crippen molar-refractivity contribution in [2.24, 2.45) is 7.05 Å². The average Bonchev–Trinajstić information content (AvgIpc) is 3.41. The van der Waals surface area contributed by atoms with Gasteiger partial charge in [0.2, 0.25) is 0 Å². The zero-order chi connectivity index (χ0) is 16.8. The van der Waals surface area contributed by atoms with E-state index in [4.69, 9.17) is 4.98 Å². The van der Waals surface area contributed by atoms with Crippen LogP contribution in [0.4, 0.5) is 0 Å². The quantitative estimate of drug-likeness (QED) is 0.339. The molecule has 5 aromatic rings. The highest BCUT2D eigenvalue weighted by atomic mass is 32.1. The van der Waals surface area contributed by atoms with Crippen LogP contribution in [-0.4, -0.2) is 9.55 Å². The summed E-state index contributed by atoms with van der Waals surface area (Å²) in [6, 6.07) is 21.4. The molecular formula is C20H14N2S3. The predicted octanol–water partition coefficient (Wildman–Crippen LogP) is 6.76. The van der Waals surface area contributed by atoms with E-state index in [1.165, 1.54) is 29.9 Å². The van der Waals surface area contributed by atoms with Crippen LogP contribution < -0.4 is 0 Å². The lowest BCUT2D eigenvalue weighted by Gasteiger charge is -1.98. The Bertz CT molecular complexity index is 1160. The van der Waals surface area contributed by atoms with E-state index in [1.807, 2.05) is 28.7 Å². The van der Waals surface area contributed by atoms with Crippen molar-refractivity contribution < 1.29 is 0 Å². The van der Waals surface area contributed by atoms with Crippen LogP contribution in [0.5, 0.6) is 0 Å². The normalized spacial score (nSPS) is 11.4. The van der Waals surface area contributed by atoms with Crippen molar-refractivity contribution in [3.8, 4) is 30.2 Å². The second kappa shape index (κ2) is 5.95. The summed E-state index contributed by atoms with van der Waals surface area (Å²) in [7, 11) is 2.09. The minimum atomic E-state index is 1.03. The third kappa shape index (κ3) is 2.56. The van der Waals surface area contributed by atoms with Gasteiger partial charge in [0.15, 0.2) is 5.82 Å². The first-order chi connectivity index (χ1) is 12.3. The van der Waals surface area contributed by atoms with Crippen molar-refractivity contribution in [1.29, 1.82) is 0 Å². The van der Waals surface area contributed by atoms with Crippen molar-refractivity contribution >= 4 is 45.0 Å². The number of nitrogens with zero attached hydrogens (tertiary/aromatic N) is 2. The van der Waals surface area contributed by atoms with Gasteiger partial charge in [-0.3, -0.25) is 0 Å². The molecule has 0 atom stereocenters. The number of hydrogen-bond acceptors (Lipinski definition) is 4. The van der Waals surface area contributed by atoms with Crippen LogP contribution in [0.3, 0.4) is 0 Å². The van der Waals surface area contributed by atoms with Gasteiger partial charge in [0, 0.05) is 26.6 Å². The van der Waals surface area contributed by atoms with Crippen molar-refractivity contribution in [3.63, 3.8) is 0 Å². The van der Waals surface area contributed by atoms with Crippen LogP contribution in [0, 0.1) is 0 Å². The molecule has 2 nitrogen and oxygen atoms in total. The third-order valence-corrected chi connectivity index (χ3v) is 7.65. The van der Waals surface area contributed by atoms with Crippen LogP contribution in [0.15, 0.2) is 66.0 Å². The Balaban J connectivity index is 1.54. The summed E-state index contributed by atoms with van der Waals surface area (Å²) in [6.45, 7) is 0. The summed E-state index contributed by atoms with van der Waals surface area (Å²) in [4.78, 5) is 11.3. The summed E-state index contributed by atoms with van der Waals surface area (Å²) in [5, 5.41) is 2.13. The number of hydrogen-bond donors (Lipinski definition) is 0. The number of rotatable bonds is 3. The van der Waals surface area contributed by atoms with E-state index >= 15 is 0 Å². The van der Waals surface area contributed by atoms with Gasteiger partial charge in [0.1, 0.15) is 0 Å². The second-order valence-corrected chi connectivity index (χ2v) is 8.90. The summed E-state index contributed by atoms with van der Waals surface area (Å²) >= 11 is 5.46. The van der Waals surface area contributed by atoms with E-state index in [-0.39, 0.29) is 0 Å². The maximum absolute atomic E-state index is 4.81. The Morgan fingerprint density at radius 1 is 0.720 bits per heavy atom. The highest BCUT2D eigenvalue weighted by Crippen LogP contribution is 2.41. The maximum atomic E-state index is 4.81. The molecule has 122 valence electrons. The van der Waals surface area contributed by atoms with E-state index in [1.54, 1.807) is 11.3 Å². The summed E-state index contributed by atoms with van der Waals surface area (Å²) in [5.74, 6) is 1.03. The molecule has 1 aromatic carbocycles. The molecule has 0 amide bonds. The minimum absolute atomic E-state index is 1.03. The first-order valence-electron chi connectivity index (χ1n) is 7.95. The Kier molecular flexibility index (Phi) is 3.59. The van der Waals surface area contributed by atoms with Gasteiger partial charge in [0.25, 0.3) is 0 Å². The van der Waals surface area contributed by atoms with Crippen molar-refractivity contribution in [2.45, 2.75) is 0 Å². The van der Waals surface area contributed by atoms with Gasteiger partial charge < -0.3 is 4.57 Å². The molecule has 0 radical (unpaired) electrons. The third-order valence-electron chi connectivity index (χ3n) is 4.23. The summed E-state index contributed by atoms with van der Waals surface area (Å²) in [6.07, 6.45) is 0. The molecular weight excluding hydrogens is 364 g/mol. The van der Waals surface area contributed by atoms with E-state index in [2.05, 4.69) is 71.6 Å². The topological polar surface area (TPSA) is 17.8 Å². The Morgan fingerprint density at radius 2 is 1.40 bits per heavy atom. The Labute approximate surface area is 157 Å². The van der Waals surface area contributed by atoms with E-state index in [0.717, 1.165) is 11.3 Å². The first-order valence-corrected chi connectivity index (χ1v) is 10.5. The van der Waals surface area contributed by atoms with Crippen molar-refractivity contribution in [2.75, 3.05) is 0 Å². The zero-order valence-corrected chi connectivity index (χ0v) is 15.9. The number of benzene rings is 1. The molecule has 0 saturated heterocycles.